The van der Waals surface area contributed by atoms with Crippen molar-refractivity contribution in [1.29, 1.82) is 0 Å². The molecule has 0 radical (unpaired) electrons. The fraction of sp³-hybridized carbons (Fsp3) is 0.400. The molecule has 0 atom stereocenters. The molecule has 2 aromatic rings. The van der Waals surface area contributed by atoms with Crippen molar-refractivity contribution in [2.75, 3.05) is 13.1 Å². The number of benzene rings is 1. The number of nitrogens with zero attached hydrogens (tertiary/aromatic N) is 2. The molecule has 0 saturated heterocycles. The SMILES string of the molecule is CCN(CC)Cc1ccc(CNC(=O)Cn2cccc(C(F)(F)F)c2=O)cc1. The molecule has 28 heavy (non-hydrogen) atoms. The zero-order valence-electron chi connectivity index (χ0n) is 15.9. The van der Waals surface area contributed by atoms with Gasteiger partial charge in [-0.3, -0.25) is 14.5 Å². The Morgan fingerprint density at radius 2 is 1.68 bits per heavy atom. The van der Waals surface area contributed by atoms with Crippen LogP contribution < -0.4 is 10.9 Å². The minimum Gasteiger partial charge on any atom is -0.350 e. The zero-order valence-corrected chi connectivity index (χ0v) is 15.9. The third-order valence-corrected chi connectivity index (χ3v) is 4.45. The van der Waals surface area contributed by atoms with Crippen LogP contribution in [0.3, 0.4) is 0 Å². The zero-order chi connectivity index (χ0) is 20.7. The Hall–Kier alpha value is -2.61. The van der Waals surface area contributed by atoms with Gasteiger partial charge in [-0.05, 0) is 36.3 Å². The normalized spacial score (nSPS) is 11.6. The van der Waals surface area contributed by atoms with Crippen LogP contribution in [0.5, 0.6) is 0 Å². The molecular formula is C20H24F3N3O2. The monoisotopic (exact) mass is 395 g/mol. The Bertz CT molecular complexity index is 841. The van der Waals surface area contributed by atoms with Crippen LogP contribution in [0.4, 0.5) is 13.2 Å². The molecule has 5 nitrogen and oxygen atoms in total. The maximum atomic E-state index is 12.8. The van der Waals surface area contributed by atoms with Crippen molar-refractivity contribution in [1.82, 2.24) is 14.8 Å². The molecule has 0 unspecified atom stereocenters. The number of hydrogen-bond acceptors (Lipinski definition) is 3. The van der Waals surface area contributed by atoms with E-state index in [0.717, 1.165) is 41.4 Å². The van der Waals surface area contributed by atoms with Gasteiger partial charge in [0.2, 0.25) is 5.91 Å². The lowest BCUT2D eigenvalue weighted by Gasteiger charge is -2.18. The standard InChI is InChI=1S/C20H24F3N3O2/c1-3-25(4-2)13-16-9-7-15(8-10-16)12-24-18(27)14-26-11-5-6-17(19(26)28)20(21,22)23/h5-11H,3-4,12-14H2,1-2H3,(H,24,27). The van der Waals surface area contributed by atoms with Crippen LogP contribution in [0.25, 0.3) is 0 Å². The van der Waals surface area contributed by atoms with Crippen molar-refractivity contribution in [3.05, 3.63) is 69.6 Å². The van der Waals surface area contributed by atoms with E-state index in [1.165, 1.54) is 6.20 Å². The molecule has 1 amide bonds. The number of rotatable bonds is 8. The van der Waals surface area contributed by atoms with Crippen molar-refractivity contribution < 1.29 is 18.0 Å². The first kappa shape index (κ1) is 21.7. The fourth-order valence-corrected chi connectivity index (χ4v) is 2.76. The quantitative estimate of drug-likeness (QED) is 0.748. The number of amides is 1. The Balaban J connectivity index is 1.94. The summed E-state index contributed by atoms with van der Waals surface area (Å²) in [6, 6.07) is 9.57. The summed E-state index contributed by atoms with van der Waals surface area (Å²) in [4.78, 5) is 26.2. The number of pyridine rings is 1. The molecule has 8 heteroatoms. The smallest absolute Gasteiger partial charge is 0.350 e. The molecule has 0 bridgehead atoms. The van der Waals surface area contributed by atoms with Crippen LogP contribution in [0.2, 0.25) is 0 Å². The summed E-state index contributed by atoms with van der Waals surface area (Å²) in [5.41, 5.74) is -0.486. The van der Waals surface area contributed by atoms with E-state index < -0.39 is 29.8 Å². The van der Waals surface area contributed by atoms with Crippen LogP contribution in [0.1, 0.15) is 30.5 Å². The third-order valence-electron chi connectivity index (χ3n) is 4.45. The van der Waals surface area contributed by atoms with Gasteiger partial charge in [-0.2, -0.15) is 13.2 Å². The Labute approximate surface area is 161 Å². The summed E-state index contributed by atoms with van der Waals surface area (Å²) in [5, 5.41) is 2.63. The lowest BCUT2D eigenvalue weighted by Crippen LogP contribution is -2.34. The Morgan fingerprint density at radius 3 is 2.25 bits per heavy atom. The van der Waals surface area contributed by atoms with Gasteiger partial charge in [-0.25, -0.2) is 0 Å². The molecule has 1 aromatic heterocycles. The first-order valence-corrected chi connectivity index (χ1v) is 9.08. The van der Waals surface area contributed by atoms with Crippen LogP contribution >= 0.6 is 0 Å². The molecule has 0 aliphatic rings. The third kappa shape index (κ3) is 5.95. The van der Waals surface area contributed by atoms with Crippen molar-refractivity contribution in [3.8, 4) is 0 Å². The molecular weight excluding hydrogens is 371 g/mol. The topological polar surface area (TPSA) is 54.3 Å². The van der Waals surface area contributed by atoms with Crippen LogP contribution in [-0.2, 0) is 30.6 Å². The number of aromatic nitrogens is 1. The van der Waals surface area contributed by atoms with Gasteiger partial charge < -0.3 is 9.88 Å². The van der Waals surface area contributed by atoms with E-state index in [2.05, 4.69) is 24.1 Å². The van der Waals surface area contributed by atoms with Gasteiger partial charge >= 0.3 is 6.18 Å². The molecule has 1 heterocycles. The van der Waals surface area contributed by atoms with E-state index in [-0.39, 0.29) is 6.54 Å². The molecule has 0 aliphatic carbocycles. The summed E-state index contributed by atoms with van der Waals surface area (Å²) in [6.07, 6.45) is -3.58. The van der Waals surface area contributed by atoms with E-state index >= 15 is 0 Å². The second-order valence-corrected chi connectivity index (χ2v) is 6.41. The number of alkyl halides is 3. The molecule has 0 spiro atoms. The maximum Gasteiger partial charge on any atom is 0.421 e. The van der Waals surface area contributed by atoms with Crippen molar-refractivity contribution >= 4 is 5.91 Å². The lowest BCUT2D eigenvalue weighted by atomic mass is 10.1. The molecule has 1 N–H and O–H groups in total. The van der Waals surface area contributed by atoms with Crippen molar-refractivity contribution in [3.63, 3.8) is 0 Å². The first-order chi connectivity index (χ1) is 13.2. The molecule has 1 aromatic carbocycles. The molecule has 152 valence electrons. The second kappa shape index (κ2) is 9.54. The average Bonchev–Trinajstić information content (AvgIpc) is 2.66. The summed E-state index contributed by atoms with van der Waals surface area (Å²) in [6.45, 7) is 6.73. The van der Waals surface area contributed by atoms with Crippen LogP contribution in [-0.4, -0.2) is 28.5 Å². The Morgan fingerprint density at radius 1 is 1.07 bits per heavy atom. The predicted molar refractivity (Wildman–Crippen MR) is 101 cm³/mol. The minimum atomic E-state index is -4.75. The summed E-state index contributed by atoms with van der Waals surface area (Å²) >= 11 is 0. The van der Waals surface area contributed by atoms with Gasteiger partial charge in [0.25, 0.3) is 5.56 Å². The number of nitrogens with one attached hydrogen (secondary N) is 1. The van der Waals surface area contributed by atoms with E-state index in [1.807, 2.05) is 24.3 Å². The Kier molecular flexibility index (Phi) is 7.39. The van der Waals surface area contributed by atoms with E-state index in [1.54, 1.807) is 0 Å². The molecule has 2 rings (SSSR count). The van der Waals surface area contributed by atoms with Crippen molar-refractivity contribution in [2.24, 2.45) is 0 Å². The molecule has 0 aliphatic heterocycles. The first-order valence-electron chi connectivity index (χ1n) is 9.08. The predicted octanol–water partition coefficient (Wildman–Crippen LogP) is 3.03. The fourth-order valence-electron chi connectivity index (χ4n) is 2.76. The highest BCUT2D eigenvalue weighted by Crippen LogP contribution is 2.25. The highest BCUT2D eigenvalue weighted by Gasteiger charge is 2.34. The number of hydrogen-bond donors (Lipinski definition) is 1. The summed E-state index contributed by atoms with van der Waals surface area (Å²) in [7, 11) is 0. The lowest BCUT2D eigenvalue weighted by molar-refractivity contribution is -0.139. The average molecular weight is 395 g/mol. The highest BCUT2D eigenvalue weighted by atomic mass is 19.4. The number of carbonyl (C=O) groups excluding carboxylic acids is 1. The van der Waals surface area contributed by atoms with Gasteiger partial charge in [0.05, 0.1) is 0 Å². The second-order valence-electron chi connectivity index (χ2n) is 6.41. The van der Waals surface area contributed by atoms with Gasteiger partial charge in [0.1, 0.15) is 12.1 Å². The van der Waals surface area contributed by atoms with Gasteiger partial charge in [0, 0.05) is 19.3 Å². The highest BCUT2D eigenvalue weighted by molar-refractivity contribution is 5.75. The van der Waals surface area contributed by atoms with E-state index in [0.29, 0.717) is 6.07 Å². The summed E-state index contributed by atoms with van der Waals surface area (Å²) < 4.78 is 39.1. The summed E-state index contributed by atoms with van der Waals surface area (Å²) in [5.74, 6) is -0.534. The minimum absolute atomic E-state index is 0.234. The number of carbonyl (C=O) groups is 1. The largest absolute Gasteiger partial charge is 0.421 e. The van der Waals surface area contributed by atoms with Gasteiger partial charge in [0.15, 0.2) is 0 Å². The van der Waals surface area contributed by atoms with Crippen LogP contribution in [0, 0.1) is 0 Å². The molecule has 0 saturated carbocycles. The maximum absolute atomic E-state index is 12.8. The van der Waals surface area contributed by atoms with Gasteiger partial charge in [-0.15, -0.1) is 0 Å². The van der Waals surface area contributed by atoms with E-state index in [4.69, 9.17) is 0 Å². The van der Waals surface area contributed by atoms with Gasteiger partial charge in [-0.1, -0.05) is 38.1 Å². The van der Waals surface area contributed by atoms with Crippen LogP contribution in [0.15, 0.2) is 47.4 Å². The molecule has 0 fully saturated rings. The van der Waals surface area contributed by atoms with Crippen molar-refractivity contribution in [2.45, 2.75) is 39.7 Å². The number of halogens is 3. The van der Waals surface area contributed by atoms with E-state index in [9.17, 15) is 22.8 Å².